The van der Waals surface area contributed by atoms with E-state index in [4.69, 9.17) is 0 Å². The molecule has 0 radical (unpaired) electrons. The van der Waals surface area contributed by atoms with Crippen LogP contribution in [-0.4, -0.2) is 21.9 Å². The van der Waals surface area contributed by atoms with Crippen molar-refractivity contribution < 1.29 is 9.18 Å². The molecular weight excluding hydrogens is 259 g/mol. The van der Waals surface area contributed by atoms with E-state index in [-0.39, 0.29) is 23.7 Å². The Labute approximate surface area is 115 Å². The first-order valence-electron chi connectivity index (χ1n) is 6.37. The summed E-state index contributed by atoms with van der Waals surface area (Å²) in [4.78, 5) is 20.0. The lowest BCUT2D eigenvalue weighted by molar-refractivity contribution is 0.0946. The second-order valence-electron chi connectivity index (χ2n) is 4.65. The van der Waals surface area contributed by atoms with E-state index in [0.29, 0.717) is 11.4 Å². The van der Waals surface area contributed by atoms with E-state index in [2.05, 4.69) is 20.6 Å². The van der Waals surface area contributed by atoms with Gasteiger partial charge in [-0.15, -0.1) is 0 Å². The summed E-state index contributed by atoms with van der Waals surface area (Å²) in [6.07, 6.45) is 3.53. The van der Waals surface area contributed by atoms with E-state index >= 15 is 0 Å². The first-order chi connectivity index (χ1) is 9.70. The summed E-state index contributed by atoms with van der Waals surface area (Å²) in [6, 6.07) is 7.79. The molecule has 0 saturated heterocycles. The standard InChI is InChI=1S/C14H13FN4O/c15-9-2-1-3-11(8-9)18-14-16-7-6-12(19-14)13(20)17-10-4-5-10/h1-3,6-8,10H,4-5H2,(H,17,20)(H,16,18,19). The molecule has 1 amide bonds. The number of rotatable bonds is 4. The number of carbonyl (C=O) groups excluding carboxylic acids is 1. The van der Waals surface area contributed by atoms with Crippen molar-refractivity contribution in [1.29, 1.82) is 0 Å². The molecule has 102 valence electrons. The number of hydrogen-bond acceptors (Lipinski definition) is 4. The van der Waals surface area contributed by atoms with Crippen molar-refractivity contribution in [2.75, 3.05) is 5.32 Å². The number of hydrogen-bond donors (Lipinski definition) is 2. The second kappa shape index (κ2) is 5.24. The molecule has 1 aliphatic carbocycles. The number of amides is 1. The third kappa shape index (κ3) is 3.09. The van der Waals surface area contributed by atoms with Crippen LogP contribution in [0.25, 0.3) is 0 Å². The minimum atomic E-state index is -0.349. The predicted molar refractivity (Wildman–Crippen MR) is 72.2 cm³/mol. The SMILES string of the molecule is O=C(NC1CC1)c1ccnc(Nc2cccc(F)c2)n1. The number of anilines is 2. The number of aromatic nitrogens is 2. The lowest BCUT2D eigenvalue weighted by Gasteiger charge is -2.06. The molecule has 1 aromatic carbocycles. The van der Waals surface area contributed by atoms with Crippen molar-refractivity contribution in [1.82, 2.24) is 15.3 Å². The fraction of sp³-hybridized carbons (Fsp3) is 0.214. The molecule has 0 atom stereocenters. The number of nitrogens with zero attached hydrogens (tertiary/aromatic N) is 2. The summed E-state index contributed by atoms with van der Waals surface area (Å²) in [6.45, 7) is 0. The molecule has 6 heteroatoms. The quantitative estimate of drug-likeness (QED) is 0.895. The van der Waals surface area contributed by atoms with E-state index in [1.165, 1.54) is 18.3 Å². The van der Waals surface area contributed by atoms with Crippen LogP contribution in [-0.2, 0) is 0 Å². The summed E-state index contributed by atoms with van der Waals surface area (Å²) in [5.41, 5.74) is 0.829. The van der Waals surface area contributed by atoms with Crippen LogP contribution < -0.4 is 10.6 Å². The lowest BCUT2D eigenvalue weighted by atomic mass is 10.3. The van der Waals surface area contributed by atoms with Gasteiger partial charge in [0.25, 0.3) is 5.91 Å². The maximum absolute atomic E-state index is 13.1. The minimum absolute atomic E-state index is 0.211. The summed E-state index contributed by atoms with van der Waals surface area (Å²) in [5, 5.41) is 5.72. The van der Waals surface area contributed by atoms with Crippen LogP contribution in [0, 0.1) is 5.82 Å². The van der Waals surface area contributed by atoms with Crippen molar-refractivity contribution in [2.24, 2.45) is 0 Å². The highest BCUT2D eigenvalue weighted by Gasteiger charge is 2.24. The molecule has 2 aromatic rings. The number of carbonyl (C=O) groups is 1. The van der Waals surface area contributed by atoms with Crippen LogP contribution in [0.4, 0.5) is 16.0 Å². The van der Waals surface area contributed by atoms with Crippen molar-refractivity contribution in [3.63, 3.8) is 0 Å². The first-order valence-corrected chi connectivity index (χ1v) is 6.37. The molecule has 1 heterocycles. The monoisotopic (exact) mass is 272 g/mol. The summed E-state index contributed by atoms with van der Waals surface area (Å²) in [5.74, 6) is -0.297. The Balaban J connectivity index is 1.75. The number of benzene rings is 1. The average Bonchev–Trinajstić information content (AvgIpc) is 3.23. The van der Waals surface area contributed by atoms with E-state index < -0.39 is 0 Å². The van der Waals surface area contributed by atoms with Gasteiger partial charge in [-0.1, -0.05) is 6.07 Å². The van der Waals surface area contributed by atoms with Gasteiger partial charge in [-0.2, -0.15) is 0 Å². The van der Waals surface area contributed by atoms with Gasteiger partial charge in [0.05, 0.1) is 0 Å². The molecule has 0 aliphatic heterocycles. The number of nitrogens with one attached hydrogen (secondary N) is 2. The molecule has 0 spiro atoms. The molecule has 1 fully saturated rings. The maximum atomic E-state index is 13.1. The molecule has 20 heavy (non-hydrogen) atoms. The molecule has 1 aromatic heterocycles. The zero-order valence-electron chi connectivity index (χ0n) is 10.6. The van der Waals surface area contributed by atoms with Crippen molar-refractivity contribution >= 4 is 17.5 Å². The molecule has 0 unspecified atom stereocenters. The van der Waals surface area contributed by atoms with Gasteiger partial charge in [0, 0.05) is 17.9 Å². The van der Waals surface area contributed by atoms with Crippen LogP contribution in [0.3, 0.4) is 0 Å². The Bertz CT molecular complexity index is 643. The third-order valence-electron chi connectivity index (χ3n) is 2.88. The Morgan fingerprint density at radius 2 is 2.15 bits per heavy atom. The van der Waals surface area contributed by atoms with Crippen LogP contribution in [0.2, 0.25) is 0 Å². The largest absolute Gasteiger partial charge is 0.348 e. The Hall–Kier alpha value is -2.50. The van der Waals surface area contributed by atoms with Crippen LogP contribution in [0.15, 0.2) is 36.5 Å². The average molecular weight is 272 g/mol. The highest BCUT2D eigenvalue weighted by molar-refractivity contribution is 5.92. The van der Waals surface area contributed by atoms with Gasteiger partial charge in [-0.05, 0) is 37.1 Å². The lowest BCUT2D eigenvalue weighted by Crippen LogP contribution is -2.26. The normalized spacial score (nSPS) is 13.8. The summed E-state index contributed by atoms with van der Waals surface area (Å²) >= 11 is 0. The van der Waals surface area contributed by atoms with E-state index in [1.807, 2.05) is 0 Å². The Morgan fingerprint density at radius 3 is 2.90 bits per heavy atom. The molecule has 1 aliphatic rings. The second-order valence-corrected chi connectivity index (χ2v) is 4.65. The van der Waals surface area contributed by atoms with Crippen molar-refractivity contribution in [3.8, 4) is 0 Å². The van der Waals surface area contributed by atoms with E-state index in [1.54, 1.807) is 18.2 Å². The molecular formula is C14H13FN4O. The van der Waals surface area contributed by atoms with Gasteiger partial charge >= 0.3 is 0 Å². The Morgan fingerprint density at radius 1 is 1.30 bits per heavy atom. The van der Waals surface area contributed by atoms with E-state index in [0.717, 1.165) is 12.8 Å². The fourth-order valence-corrected chi connectivity index (χ4v) is 1.73. The van der Waals surface area contributed by atoms with Gasteiger partial charge in [-0.3, -0.25) is 4.79 Å². The van der Waals surface area contributed by atoms with Gasteiger partial charge in [0.15, 0.2) is 0 Å². The van der Waals surface area contributed by atoms with Crippen LogP contribution in [0.5, 0.6) is 0 Å². The van der Waals surface area contributed by atoms with E-state index in [9.17, 15) is 9.18 Å². The van der Waals surface area contributed by atoms with Gasteiger partial charge < -0.3 is 10.6 Å². The van der Waals surface area contributed by atoms with Crippen molar-refractivity contribution in [3.05, 3.63) is 48.0 Å². The predicted octanol–water partition coefficient (Wildman–Crippen LogP) is 2.25. The van der Waals surface area contributed by atoms with Gasteiger partial charge in [0.1, 0.15) is 11.5 Å². The fourth-order valence-electron chi connectivity index (χ4n) is 1.73. The highest BCUT2D eigenvalue weighted by Crippen LogP contribution is 2.19. The Kier molecular flexibility index (Phi) is 3.28. The molecule has 5 nitrogen and oxygen atoms in total. The van der Waals surface area contributed by atoms with Crippen LogP contribution >= 0.6 is 0 Å². The zero-order valence-corrected chi connectivity index (χ0v) is 10.6. The smallest absolute Gasteiger partial charge is 0.270 e. The summed E-state index contributed by atoms with van der Waals surface area (Å²) < 4.78 is 13.1. The van der Waals surface area contributed by atoms with Gasteiger partial charge in [0.2, 0.25) is 5.95 Å². The number of halogens is 1. The molecule has 3 rings (SSSR count). The highest BCUT2D eigenvalue weighted by atomic mass is 19.1. The third-order valence-corrected chi connectivity index (χ3v) is 2.88. The maximum Gasteiger partial charge on any atom is 0.270 e. The minimum Gasteiger partial charge on any atom is -0.348 e. The molecule has 1 saturated carbocycles. The van der Waals surface area contributed by atoms with Crippen molar-refractivity contribution in [2.45, 2.75) is 18.9 Å². The molecule has 0 bridgehead atoms. The molecule has 2 N–H and O–H groups in total. The first kappa shape index (κ1) is 12.5. The van der Waals surface area contributed by atoms with Crippen LogP contribution in [0.1, 0.15) is 23.3 Å². The summed E-state index contributed by atoms with van der Waals surface area (Å²) in [7, 11) is 0. The zero-order chi connectivity index (χ0) is 13.9. The van der Waals surface area contributed by atoms with Gasteiger partial charge in [-0.25, -0.2) is 14.4 Å². The topological polar surface area (TPSA) is 66.9 Å².